The van der Waals surface area contributed by atoms with Gasteiger partial charge in [-0.3, -0.25) is 0 Å². The largest absolute Gasteiger partial charge is 0.748 e. The summed E-state index contributed by atoms with van der Waals surface area (Å²) in [5.41, 5.74) is 0. The van der Waals surface area contributed by atoms with Crippen LogP contribution in [0.15, 0.2) is 0 Å². The highest BCUT2D eigenvalue weighted by molar-refractivity contribution is 7.85. The van der Waals surface area contributed by atoms with Gasteiger partial charge in [-0.1, -0.05) is 135 Å². The third-order valence-electron chi connectivity index (χ3n) is 7.22. The summed E-state index contributed by atoms with van der Waals surface area (Å²) < 4.78 is 32.9. The highest BCUT2D eigenvalue weighted by atomic mass is 32.2. The molecule has 0 aromatic carbocycles. The van der Waals surface area contributed by atoms with E-state index >= 15 is 0 Å². The summed E-state index contributed by atoms with van der Waals surface area (Å²) >= 11 is 0. The van der Waals surface area contributed by atoms with Crippen LogP contribution in [-0.2, 0) is 10.1 Å². The van der Waals surface area contributed by atoms with Crippen LogP contribution in [-0.4, -0.2) is 61.6 Å². The molecule has 1 atom stereocenters. The third kappa shape index (κ3) is 28.3. The van der Waals surface area contributed by atoms with Crippen LogP contribution in [0.2, 0.25) is 0 Å². The summed E-state index contributed by atoms with van der Waals surface area (Å²) in [4.78, 5) is 0. The van der Waals surface area contributed by atoms with Crippen LogP contribution in [0.1, 0.15) is 148 Å². The summed E-state index contributed by atoms with van der Waals surface area (Å²) in [6.45, 7) is 3.49. The van der Waals surface area contributed by atoms with E-state index in [0.717, 1.165) is 13.0 Å². The molecule has 0 fully saturated rings. The minimum absolute atomic E-state index is 0.306. The van der Waals surface area contributed by atoms with Gasteiger partial charge in [0.2, 0.25) is 0 Å². The van der Waals surface area contributed by atoms with Crippen LogP contribution in [0.3, 0.4) is 0 Å². The fourth-order valence-corrected chi connectivity index (χ4v) is 5.68. The molecule has 1 unspecified atom stereocenters. The summed E-state index contributed by atoms with van der Waals surface area (Å²) in [6, 6.07) is 0. The van der Waals surface area contributed by atoms with Crippen molar-refractivity contribution in [2.45, 2.75) is 154 Å². The highest BCUT2D eigenvalue weighted by Gasteiger charge is 2.21. The van der Waals surface area contributed by atoms with Gasteiger partial charge in [-0.2, -0.15) is 0 Å². The highest BCUT2D eigenvalue weighted by Crippen LogP contribution is 2.15. The van der Waals surface area contributed by atoms with Crippen molar-refractivity contribution in [2.75, 3.05) is 32.9 Å². The first-order chi connectivity index (χ1) is 16.7. The van der Waals surface area contributed by atoms with Crippen molar-refractivity contribution in [3.05, 3.63) is 0 Å². The number of likely N-dealkylation sites (N-methyl/N-ethyl adjacent to an activating group) is 1. The molecule has 0 aromatic heterocycles. The molecule has 0 heterocycles. The van der Waals surface area contributed by atoms with Gasteiger partial charge in [-0.15, -0.1) is 0 Å². The molecular weight excluding hydrogens is 458 g/mol. The van der Waals surface area contributed by atoms with E-state index in [1.54, 1.807) is 0 Å². The number of nitrogens with zero attached hydrogens (tertiary/aromatic N) is 1. The van der Waals surface area contributed by atoms with Crippen molar-refractivity contribution in [2.24, 2.45) is 0 Å². The second kappa shape index (κ2) is 23.0. The van der Waals surface area contributed by atoms with Crippen LogP contribution in [0.5, 0.6) is 0 Å². The Balaban J connectivity index is 3.31. The topological polar surface area (TPSA) is 77.4 Å². The molecule has 0 saturated carbocycles. The molecule has 0 saturated heterocycles. The Morgan fingerprint density at radius 2 is 0.886 bits per heavy atom. The monoisotopic (exact) mass is 519 g/mol. The average molecular weight is 520 g/mol. The lowest BCUT2D eigenvalue weighted by molar-refractivity contribution is -0.893. The van der Waals surface area contributed by atoms with Gasteiger partial charge in [0.05, 0.1) is 36.5 Å². The van der Waals surface area contributed by atoms with Crippen molar-refractivity contribution in [3.63, 3.8) is 0 Å². The summed E-state index contributed by atoms with van der Waals surface area (Å²) in [5.74, 6) is -0.686. The number of hydrogen-bond acceptors (Lipinski definition) is 4. The first-order valence-electron chi connectivity index (χ1n) is 15.1. The molecule has 212 valence electrons. The number of aliphatic hydroxyl groups is 1. The minimum Gasteiger partial charge on any atom is -0.748 e. The molecule has 5 nitrogen and oxygen atoms in total. The number of hydrogen-bond donors (Lipinski definition) is 1. The van der Waals surface area contributed by atoms with E-state index < -0.39 is 22.0 Å². The molecule has 0 aliphatic carbocycles. The van der Waals surface area contributed by atoms with Gasteiger partial charge in [0.15, 0.2) is 0 Å². The van der Waals surface area contributed by atoms with Crippen molar-refractivity contribution in [1.82, 2.24) is 0 Å². The first kappa shape index (κ1) is 34.8. The van der Waals surface area contributed by atoms with E-state index in [0.29, 0.717) is 11.0 Å². The van der Waals surface area contributed by atoms with E-state index in [1.165, 1.54) is 135 Å². The van der Waals surface area contributed by atoms with Gasteiger partial charge in [0.25, 0.3) is 0 Å². The second-order valence-electron chi connectivity index (χ2n) is 11.6. The molecule has 6 heteroatoms. The molecule has 1 N–H and O–H groups in total. The van der Waals surface area contributed by atoms with Gasteiger partial charge in [0.1, 0.15) is 12.6 Å². The number of unbranched alkanes of at least 4 members (excludes halogenated alkanes) is 21. The average Bonchev–Trinajstić information content (AvgIpc) is 2.75. The summed E-state index contributed by atoms with van der Waals surface area (Å²) in [6.07, 6.45) is 29.2. The predicted molar refractivity (Wildman–Crippen MR) is 150 cm³/mol. The molecule has 0 radical (unpaired) electrons. The zero-order valence-electron chi connectivity index (χ0n) is 23.8. The number of rotatable bonds is 27. The van der Waals surface area contributed by atoms with E-state index in [1.807, 2.05) is 14.1 Å². The smallest absolute Gasteiger partial charge is 0.116 e. The Bertz CT molecular complexity index is 551. The molecule has 0 amide bonds. The van der Waals surface area contributed by atoms with Gasteiger partial charge in [0, 0.05) is 0 Å². The van der Waals surface area contributed by atoms with Crippen molar-refractivity contribution in [3.8, 4) is 0 Å². The normalized spacial score (nSPS) is 13.4. The zero-order valence-corrected chi connectivity index (χ0v) is 24.6. The fraction of sp³-hybridized carbons (Fsp3) is 1.00. The Morgan fingerprint density at radius 1 is 0.600 bits per heavy atom. The standard InChI is InChI=1S/C29H61NO4S/c1-4-5-6-7-8-9-10-11-12-13-14-15-16-17-18-19-20-21-22-23-24-25-26-30(2,3)27-29(31)28-35(32,33)34/h29,31H,4-28H2,1-3H3. The maximum Gasteiger partial charge on any atom is 0.116 e. The van der Waals surface area contributed by atoms with E-state index in [2.05, 4.69) is 6.92 Å². The van der Waals surface area contributed by atoms with Gasteiger partial charge < -0.3 is 14.1 Å². The molecule has 0 aliphatic rings. The lowest BCUT2D eigenvalue weighted by atomic mass is 10.0. The summed E-state index contributed by atoms with van der Waals surface area (Å²) in [5, 5.41) is 9.80. The van der Waals surface area contributed by atoms with Crippen molar-refractivity contribution in [1.29, 1.82) is 0 Å². The predicted octanol–water partition coefficient (Wildman–Crippen LogP) is 7.57. The van der Waals surface area contributed by atoms with Crippen LogP contribution < -0.4 is 0 Å². The van der Waals surface area contributed by atoms with Crippen LogP contribution in [0.25, 0.3) is 0 Å². The Kier molecular flexibility index (Phi) is 22.9. The second-order valence-corrected chi connectivity index (χ2v) is 13.1. The van der Waals surface area contributed by atoms with Gasteiger partial charge >= 0.3 is 0 Å². The lowest BCUT2D eigenvalue weighted by Gasteiger charge is -2.32. The van der Waals surface area contributed by atoms with Gasteiger partial charge in [-0.25, -0.2) is 8.42 Å². The lowest BCUT2D eigenvalue weighted by Crippen LogP contribution is -2.47. The molecule has 0 bridgehead atoms. The Morgan fingerprint density at radius 3 is 1.17 bits per heavy atom. The molecular formula is C29H61NO4S. The van der Waals surface area contributed by atoms with Crippen LogP contribution >= 0.6 is 0 Å². The van der Waals surface area contributed by atoms with Crippen molar-refractivity contribution >= 4 is 10.1 Å². The quantitative estimate of drug-likeness (QED) is 0.0689. The molecule has 0 aromatic rings. The summed E-state index contributed by atoms with van der Waals surface area (Å²) in [7, 11) is -0.394. The van der Waals surface area contributed by atoms with E-state index in [4.69, 9.17) is 0 Å². The maximum absolute atomic E-state index is 10.8. The first-order valence-corrected chi connectivity index (χ1v) is 16.7. The Labute approximate surface area is 219 Å². The molecule has 0 aliphatic heterocycles. The van der Waals surface area contributed by atoms with Gasteiger partial charge in [-0.05, 0) is 12.8 Å². The van der Waals surface area contributed by atoms with Crippen LogP contribution in [0, 0.1) is 0 Å². The minimum atomic E-state index is -4.36. The maximum atomic E-state index is 10.8. The van der Waals surface area contributed by atoms with E-state index in [9.17, 15) is 18.1 Å². The molecule has 35 heavy (non-hydrogen) atoms. The number of aliphatic hydroxyl groups excluding tert-OH is 1. The SMILES string of the molecule is CCCCCCCCCCCCCCCCCCCCCCCC[N+](C)(C)CC(O)CS(=O)(=O)[O-]. The fourth-order valence-electron chi connectivity index (χ4n) is 5.10. The number of quaternary nitrogens is 1. The van der Waals surface area contributed by atoms with E-state index in [-0.39, 0.29) is 0 Å². The third-order valence-corrected chi connectivity index (χ3v) is 8.01. The van der Waals surface area contributed by atoms with Crippen molar-refractivity contribution < 1.29 is 22.6 Å². The molecule has 0 rings (SSSR count). The Hall–Kier alpha value is -0.170. The van der Waals surface area contributed by atoms with Crippen LogP contribution in [0.4, 0.5) is 0 Å². The molecule has 0 spiro atoms. The zero-order chi connectivity index (χ0) is 26.3.